The Labute approximate surface area is 187 Å². The SMILES string of the molecule is COc1ccc(Cl)c2sc(N(CC3CCCO3)C(=O)CSc3ccc(F)cc3)nc12. The van der Waals surface area contributed by atoms with E-state index in [0.717, 1.165) is 22.4 Å². The lowest BCUT2D eigenvalue weighted by Gasteiger charge is -2.23. The molecule has 0 bridgehead atoms. The predicted octanol–water partition coefficient (Wildman–Crippen LogP) is 5.40. The molecular weight excluding hydrogens is 447 g/mol. The van der Waals surface area contributed by atoms with Gasteiger partial charge in [-0.15, -0.1) is 11.8 Å². The van der Waals surface area contributed by atoms with Crippen LogP contribution in [0, 0.1) is 5.82 Å². The van der Waals surface area contributed by atoms with E-state index in [9.17, 15) is 9.18 Å². The van der Waals surface area contributed by atoms with Gasteiger partial charge in [-0.3, -0.25) is 9.69 Å². The van der Waals surface area contributed by atoms with Crippen molar-refractivity contribution in [1.82, 2.24) is 4.98 Å². The van der Waals surface area contributed by atoms with Gasteiger partial charge in [-0.25, -0.2) is 9.37 Å². The lowest BCUT2D eigenvalue weighted by atomic mass is 10.2. The second-order valence-corrected chi connectivity index (χ2v) is 9.24. The molecule has 1 saturated heterocycles. The zero-order valence-electron chi connectivity index (χ0n) is 16.3. The Bertz CT molecular complexity index is 1040. The first-order valence-corrected chi connectivity index (χ1v) is 11.7. The topological polar surface area (TPSA) is 51.7 Å². The largest absolute Gasteiger partial charge is 0.494 e. The van der Waals surface area contributed by atoms with E-state index in [1.165, 1.54) is 35.2 Å². The van der Waals surface area contributed by atoms with E-state index >= 15 is 0 Å². The van der Waals surface area contributed by atoms with Crippen molar-refractivity contribution in [2.24, 2.45) is 0 Å². The number of methoxy groups -OCH3 is 1. The molecule has 30 heavy (non-hydrogen) atoms. The van der Waals surface area contributed by atoms with Crippen LogP contribution in [0.3, 0.4) is 0 Å². The number of amides is 1. The molecular formula is C21H20ClFN2O3S2. The van der Waals surface area contributed by atoms with Crippen LogP contribution >= 0.6 is 34.7 Å². The number of carbonyl (C=O) groups excluding carboxylic acids is 1. The number of fused-ring (bicyclic) bond motifs is 1. The highest BCUT2D eigenvalue weighted by Crippen LogP contribution is 2.39. The number of carbonyl (C=O) groups is 1. The van der Waals surface area contributed by atoms with Crippen LogP contribution in [0.1, 0.15) is 12.8 Å². The van der Waals surface area contributed by atoms with Gasteiger partial charge in [0.2, 0.25) is 5.91 Å². The highest BCUT2D eigenvalue weighted by Gasteiger charge is 2.27. The number of benzene rings is 2. The maximum absolute atomic E-state index is 13.2. The molecule has 2 heterocycles. The Morgan fingerprint density at radius 2 is 2.17 bits per heavy atom. The fraction of sp³-hybridized carbons (Fsp3) is 0.333. The van der Waals surface area contributed by atoms with Gasteiger partial charge in [0, 0.05) is 11.5 Å². The van der Waals surface area contributed by atoms with Crippen molar-refractivity contribution in [3.05, 3.63) is 47.2 Å². The molecule has 5 nitrogen and oxygen atoms in total. The minimum Gasteiger partial charge on any atom is -0.494 e. The number of thiazole rings is 1. The fourth-order valence-corrected chi connectivity index (χ4v) is 5.31. The maximum Gasteiger partial charge on any atom is 0.239 e. The van der Waals surface area contributed by atoms with Gasteiger partial charge in [0.25, 0.3) is 0 Å². The second kappa shape index (κ2) is 9.51. The molecule has 1 fully saturated rings. The van der Waals surface area contributed by atoms with Gasteiger partial charge in [-0.05, 0) is 49.2 Å². The third-order valence-electron chi connectivity index (χ3n) is 4.79. The van der Waals surface area contributed by atoms with Crippen LogP contribution in [-0.2, 0) is 9.53 Å². The van der Waals surface area contributed by atoms with Crippen molar-refractivity contribution in [3.63, 3.8) is 0 Å². The average molecular weight is 467 g/mol. The first-order valence-electron chi connectivity index (χ1n) is 9.48. The Morgan fingerprint density at radius 3 is 2.87 bits per heavy atom. The van der Waals surface area contributed by atoms with Gasteiger partial charge in [0.1, 0.15) is 17.1 Å². The summed E-state index contributed by atoms with van der Waals surface area (Å²) in [6.07, 6.45) is 1.87. The standard InChI is InChI=1S/C21H20ClFN2O3S2/c1-27-17-9-8-16(22)20-19(17)24-21(30-20)25(11-14-3-2-10-28-14)18(26)12-29-15-6-4-13(23)5-7-15/h4-9,14H,2-3,10-12H2,1H3. The fourth-order valence-electron chi connectivity index (χ4n) is 3.25. The number of hydrogen-bond donors (Lipinski definition) is 0. The van der Waals surface area contributed by atoms with Gasteiger partial charge >= 0.3 is 0 Å². The van der Waals surface area contributed by atoms with E-state index < -0.39 is 0 Å². The number of halogens is 2. The van der Waals surface area contributed by atoms with Crippen molar-refractivity contribution in [2.75, 3.05) is 30.9 Å². The van der Waals surface area contributed by atoms with Crippen LogP contribution in [-0.4, -0.2) is 43.0 Å². The molecule has 1 aliphatic rings. The summed E-state index contributed by atoms with van der Waals surface area (Å²) in [6.45, 7) is 1.14. The highest BCUT2D eigenvalue weighted by molar-refractivity contribution is 8.00. The summed E-state index contributed by atoms with van der Waals surface area (Å²) in [5.74, 6) is 0.432. The van der Waals surface area contributed by atoms with Gasteiger partial charge in [-0.1, -0.05) is 22.9 Å². The van der Waals surface area contributed by atoms with Crippen LogP contribution in [0.15, 0.2) is 41.3 Å². The van der Waals surface area contributed by atoms with Crippen LogP contribution in [0.4, 0.5) is 9.52 Å². The number of thioether (sulfide) groups is 1. The molecule has 1 amide bonds. The molecule has 2 aromatic carbocycles. The van der Waals surface area contributed by atoms with Crippen molar-refractivity contribution >= 4 is 56.0 Å². The average Bonchev–Trinajstić information content (AvgIpc) is 3.42. The summed E-state index contributed by atoms with van der Waals surface area (Å²) in [6, 6.07) is 9.64. The lowest BCUT2D eigenvalue weighted by molar-refractivity contribution is -0.116. The number of hydrogen-bond acceptors (Lipinski definition) is 6. The predicted molar refractivity (Wildman–Crippen MR) is 120 cm³/mol. The number of anilines is 1. The zero-order chi connectivity index (χ0) is 21.1. The van der Waals surface area contributed by atoms with E-state index in [0.29, 0.717) is 34.6 Å². The molecule has 0 saturated carbocycles. The van der Waals surface area contributed by atoms with Gasteiger partial charge < -0.3 is 9.47 Å². The third kappa shape index (κ3) is 4.72. The summed E-state index contributed by atoms with van der Waals surface area (Å²) < 4.78 is 25.1. The molecule has 4 rings (SSSR count). The smallest absolute Gasteiger partial charge is 0.239 e. The number of aromatic nitrogens is 1. The van der Waals surface area contributed by atoms with Crippen LogP contribution in [0.2, 0.25) is 5.02 Å². The van der Waals surface area contributed by atoms with E-state index in [1.807, 2.05) is 0 Å². The van der Waals surface area contributed by atoms with E-state index in [1.54, 1.807) is 36.3 Å². The minimum absolute atomic E-state index is 0.0193. The molecule has 0 radical (unpaired) electrons. The Kier molecular flexibility index (Phi) is 6.77. The van der Waals surface area contributed by atoms with Crippen molar-refractivity contribution in [2.45, 2.75) is 23.8 Å². The molecule has 9 heteroatoms. The summed E-state index contributed by atoms with van der Waals surface area (Å²) in [5.41, 5.74) is 0.640. The van der Waals surface area contributed by atoms with Crippen molar-refractivity contribution in [1.29, 1.82) is 0 Å². The Morgan fingerprint density at radius 1 is 1.37 bits per heavy atom. The molecule has 3 aromatic rings. The summed E-state index contributed by atoms with van der Waals surface area (Å²) in [7, 11) is 1.58. The lowest BCUT2D eigenvalue weighted by Crippen LogP contribution is -2.38. The first-order chi connectivity index (χ1) is 14.5. The third-order valence-corrected chi connectivity index (χ3v) is 7.32. The summed E-state index contributed by atoms with van der Waals surface area (Å²) in [4.78, 5) is 20.3. The van der Waals surface area contributed by atoms with Crippen LogP contribution in [0.25, 0.3) is 10.2 Å². The molecule has 0 aliphatic carbocycles. The highest BCUT2D eigenvalue weighted by atomic mass is 35.5. The van der Waals surface area contributed by atoms with Gasteiger partial charge in [-0.2, -0.15) is 0 Å². The molecule has 1 aromatic heterocycles. The maximum atomic E-state index is 13.2. The van der Waals surface area contributed by atoms with Crippen LogP contribution in [0.5, 0.6) is 5.75 Å². The Balaban J connectivity index is 1.60. The molecule has 1 atom stereocenters. The Hall–Kier alpha value is -1.87. The molecule has 1 unspecified atom stereocenters. The minimum atomic E-state index is -0.300. The molecule has 1 aliphatic heterocycles. The van der Waals surface area contributed by atoms with Gasteiger partial charge in [0.05, 0.1) is 35.2 Å². The number of nitrogens with zero attached hydrogens (tertiary/aromatic N) is 2. The molecule has 158 valence electrons. The quantitative estimate of drug-likeness (QED) is 0.436. The van der Waals surface area contributed by atoms with Crippen molar-refractivity contribution < 1.29 is 18.7 Å². The van der Waals surface area contributed by atoms with Gasteiger partial charge in [0.15, 0.2) is 5.13 Å². The monoisotopic (exact) mass is 466 g/mol. The second-order valence-electron chi connectivity index (χ2n) is 6.81. The van der Waals surface area contributed by atoms with Crippen LogP contribution < -0.4 is 9.64 Å². The zero-order valence-corrected chi connectivity index (χ0v) is 18.7. The van der Waals surface area contributed by atoms with E-state index in [4.69, 9.17) is 21.1 Å². The molecule has 0 N–H and O–H groups in total. The normalized spacial score (nSPS) is 16.2. The summed E-state index contributed by atoms with van der Waals surface area (Å²) >= 11 is 9.09. The first kappa shape index (κ1) is 21.4. The summed E-state index contributed by atoms with van der Waals surface area (Å²) in [5, 5.41) is 1.14. The number of rotatable bonds is 7. The molecule has 0 spiro atoms. The van der Waals surface area contributed by atoms with Crippen molar-refractivity contribution in [3.8, 4) is 5.75 Å². The number of ether oxygens (including phenoxy) is 2. The van der Waals surface area contributed by atoms with E-state index in [2.05, 4.69) is 4.98 Å². The van der Waals surface area contributed by atoms with E-state index in [-0.39, 0.29) is 23.6 Å².